The molecule has 3 aliphatic rings. The van der Waals surface area contributed by atoms with Crippen LogP contribution in [0.2, 0.25) is 0 Å². The number of piperazine rings is 1. The number of aromatic nitrogens is 1. The van der Waals surface area contributed by atoms with E-state index in [1.54, 1.807) is 26.8 Å². The molecule has 2 heterocycles. The van der Waals surface area contributed by atoms with E-state index < -0.39 is 71.3 Å². The van der Waals surface area contributed by atoms with Gasteiger partial charge in [0.15, 0.2) is 11.6 Å². The van der Waals surface area contributed by atoms with Gasteiger partial charge in [-0.05, 0) is 83.1 Å². The molecule has 2 N–H and O–H groups in total. The Balaban J connectivity index is 1.37. The lowest BCUT2D eigenvalue weighted by molar-refractivity contribution is -0.201. The van der Waals surface area contributed by atoms with Gasteiger partial charge >= 0.3 is 24.1 Å². The Kier molecular flexibility index (Phi) is 8.49. The van der Waals surface area contributed by atoms with Crippen LogP contribution in [0.25, 0.3) is 0 Å². The predicted octanol–water partition coefficient (Wildman–Crippen LogP) is 5.67. The van der Waals surface area contributed by atoms with Gasteiger partial charge in [0, 0.05) is 24.7 Å². The maximum absolute atomic E-state index is 14.3. The number of pyridine rings is 1. The van der Waals surface area contributed by atoms with Gasteiger partial charge in [-0.15, -0.1) is 0 Å². The molecule has 248 valence electrons. The van der Waals surface area contributed by atoms with E-state index in [0.29, 0.717) is 5.56 Å². The van der Waals surface area contributed by atoms with Crippen molar-refractivity contribution < 1.29 is 45.9 Å². The summed E-state index contributed by atoms with van der Waals surface area (Å²) in [6.07, 6.45) is -3.38. The van der Waals surface area contributed by atoms with E-state index in [1.807, 2.05) is 0 Å². The van der Waals surface area contributed by atoms with E-state index >= 15 is 0 Å². The summed E-state index contributed by atoms with van der Waals surface area (Å²) in [5, 5.41) is 5.07. The largest absolute Gasteiger partial charge is 0.444 e. The lowest BCUT2D eigenvalue weighted by atomic mass is 9.96. The van der Waals surface area contributed by atoms with Gasteiger partial charge in [0.25, 0.3) is 0 Å². The van der Waals surface area contributed by atoms with Crippen LogP contribution in [0, 0.1) is 17.0 Å². The van der Waals surface area contributed by atoms with Gasteiger partial charge in [-0.2, -0.15) is 13.2 Å². The first kappa shape index (κ1) is 33.1. The van der Waals surface area contributed by atoms with E-state index in [0.717, 1.165) is 40.8 Å². The van der Waals surface area contributed by atoms with Crippen LogP contribution < -0.4 is 10.6 Å². The molecule has 2 saturated carbocycles. The molecule has 0 spiro atoms. The quantitative estimate of drug-likeness (QED) is 0.318. The molecule has 2 atom stereocenters. The molecule has 0 radical (unpaired) electrons. The average Bonchev–Trinajstić information content (AvgIpc) is 3.87. The van der Waals surface area contributed by atoms with E-state index in [-0.39, 0.29) is 42.4 Å². The van der Waals surface area contributed by atoms with Crippen molar-refractivity contribution in [2.75, 3.05) is 23.7 Å². The third-order valence-electron chi connectivity index (χ3n) is 8.30. The lowest BCUT2D eigenvalue weighted by Gasteiger charge is -2.46. The number of nitrogens with zero attached hydrogens (tertiary/aromatic N) is 3. The van der Waals surface area contributed by atoms with Crippen LogP contribution in [0.1, 0.15) is 76.5 Å². The summed E-state index contributed by atoms with van der Waals surface area (Å²) in [6, 6.07) is 2.13. The third kappa shape index (κ3) is 6.77. The second-order valence-corrected chi connectivity index (χ2v) is 13.1. The predicted molar refractivity (Wildman–Crippen MR) is 154 cm³/mol. The monoisotopic (exact) mass is 651 g/mol. The van der Waals surface area contributed by atoms with Gasteiger partial charge < -0.3 is 19.9 Å². The van der Waals surface area contributed by atoms with Gasteiger partial charge in [0.1, 0.15) is 16.8 Å². The smallest absolute Gasteiger partial charge is 0.413 e. The number of anilines is 2. The molecule has 15 heteroatoms. The Morgan fingerprint density at radius 2 is 1.63 bits per heavy atom. The van der Waals surface area contributed by atoms with Crippen molar-refractivity contribution in [3.63, 3.8) is 0 Å². The summed E-state index contributed by atoms with van der Waals surface area (Å²) in [5.41, 5.74) is -2.52. The second kappa shape index (κ2) is 11.8. The molecular formula is C31H34F5N5O5. The number of amides is 4. The van der Waals surface area contributed by atoms with Crippen molar-refractivity contribution in [2.24, 2.45) is 5.41 Å². The molecule has 0 bridgehead atoms. The maximum Gasteiger partial charge on any atom is 0.413 e. The summed E-state index contributed by atoms with van der Waals surface area (Å²) in [4.78, 5) is 58.6. The highest BCUT2D eigenvalue weighted by Gasteiger charge is 2.70. The van der Waals surface area contributed by atoms with Gasteiger partial charge in [-0.1, -0.05) is 6.07 Å². The van der Waals surface area contributed by atoms with Crippen LogP contribution in [-0.2, 0) is 19.1 Å². The molecular weight excluding hydrogens is 617 g/mol. The number of ether oxygens (including phenoxy) is 1. The average molecular weight is 652 g/mol. The third-order valence-corrected chi connectivity index (χ3v) is 8.30. The van der Waals surface area contributed by atoms with E-state index in [1.165, 1.54) is 13.1 Å². The first-order valence-corrected chi connectivity index (χ1v) is 14.8. The van der Waals surface area contributed by atoms with Crippen LogP contribution in [-0.4, -0.2) is 69.5 Å². The number of carbonyl (C=O) groups excluding carboxylic acids is 4. The molecule has 4 amide bonds. The van der Waals surface area contributed by atoms with Gasteiger partial charge in [-0.25, -0.2) is 18.6 Å². The highest BCUT2D eigenvalue weighted by atomic mass is 19.4. The summed E-state index contributed by atoms with van der Waals surface area (Å²) < 4.78 is 74.8. The fourth-order valence-corrected chi connectivity index (χ4v) is 5.58. The second-order valence-electron chi connectivity index (χ2n) is 13.1. The normalized spacial score (nSPS) is 21.0. The number of rotatable bonds is 5. The minimum atomic E-state index is -4.78. The van der Waals surface area contributed by atoms with Crippen molar-refractivity contribution in [3.05, 3.63) is 53.2 Å². The minimum Gasteiger partial charge on any atom is -0.444 e. The van der Waals surface area contributed by atoms with E-state index in [4.69, 9.17) is 4.74 Å². The Bertz CT molecular complexity index is 1570. The number of hydrogen-bond donors (Lipinski definition) is 2. The molecule has 3 fully saturated rings. The van der Waals surface area contributed by atoms with Crippen molar-refractivity contribution in [3.8, 4) is 0 Å². The fourth-order valence-electron chi connectivity index (χ4n) is 5.58. The van der Waals surface area contributed by atoms with Crippen LogP contribution in [0.3, 0.4) is 0 Å². The highest BCUT2D eigenvalue weighted by molar-refractivity contribution is 6.39. The number of nitrogens with one attached hydrogen (secondary N) is 2. The Labute approximate surface area is 261 Å². The van der Waals surface area contributed by atoms with Crippen molar-refractivity contribution in [2.45, 2.75) is 83.2 Å². The van der Waals surface area contributed by atoms with Crippen molar-refractivity contribution in [1.82, 2.24) is 14.8 Å². The molecule has 1 aliphatic heterocycles. The highest BCUT2D eigenvalue weighted by Crippen LogP contribution is 2.59. The van der Waals surface area contributed by atoms with Gasteiger partial charge in [-0.3, -0.25) is 19.7 Å². The summed E-state index contributed by atoms with van der Waals surface area (Å²) in [6.45, 7) is 5.75. The number of hydrogen-bond acceptors (Lipinski definition) is 6. The van der Waals surface area contributed by atoms with Crippen molar-refractivity contribution in [1.29, 1.82) is 0 Å². The molecule has 10 nitrogen and oxygen atoms in total. The molecule has 0 unspecified atom stereocenters. The Morgan fingerprint density at radius 1 is 0.957 bits per heavy atom. The number of benzene rings is 1. The molecule has 1 aromatic carbocycles. The lowest BCUT2D eigenvalue weighted by Crippen LogP contribution is -2.60. The first-order chi connectivity index (χ1) is 21.4. The minimum absolute atomic E-state index is 0.00291. The molecule has 5 rings (SSSR count). The van der Waals surface area contributed by atoms with E-state index in [2.05, 4.69) is 15.6 Å². The van der Waals surface area contributed by atoms with Crippen molar-refractivity contribution >= 4 is 35.3 Å². The standard InChI is InChI=1S/C31H34F5N5O5/c1-16-14-41(23(18-7-8-21(32)22(33)11-18)15-40(16)27(44)30(9-10-30)31(34,35)36)26(43)25(42)38-19-12-20(17-5-6-17)24(37-13-19)39-28(45)46-29(2,3)4/h7-8,11-13,16-17,23H,5-6,9-10,14-15H2,1-4H3,(H,38,42)(H,37,39,45)/t16-,23-/m1/s1. The fraction of sp³-hybridized carbons (Fsp3) is 0.516. The zero-order chi connectivity index (χ0) is 33.8. The number of carbonyl (C=O) groups is 4. The van der Waals surface area contributed by atoms with Gasteiger partial charge in [0.2, 0.25) is 5.91 Å². The molecule has 46 heavy (non-hydrogen) atoms. The maximum atomic E-state index is 14.3. The van der Waals surface area contributed by atoms with Crippen LogP contribution in [0.4, 0.5) is 38.3 Å². The Hall–Kier alpha value is -4.30. The molecule has 2 aliphatic carbocycles. The first-order valence-electron chi connectivity index (χ1n) is 14.8. The zero-order valence-corrected chi connectivity index (χ0v) is 25.6. The topological polar surface area (TPSA) is 121 Å². The molecule has 1 aromatic heterocycles. The number of halogens is 5. The SMILES string of the molecule is C[C@@H]1CN(C(=O)C(=O)Nc2cnc(NC(=O)OC(C)(C)C)c(C3CC3)c2)[C@@H](c2ccc(F)c(F)c2)CN1C(=O)C1(C(F)(F)F)CC1. The summed E-state index contributed by atoms with van der Waals surface area (Å²) in [7, 11) is 0. The molecule has 2 aromatic rings. The van der Waals surface area contributed by atoms with Crippen LogP contribution in [0.15, 0.2) is 30.5 Å². The van der Waals surface area contributed by atoms with Crippen LogP contribution in [0.5, 0.6) is 0 Å². The number of alkyl halides is 3. The van der Waals surface area contributed by atoms with E-state index in [9.17, 15) is 41.1 Å². The molecule has 1 saturated heterocycles. The van der Waals surface area contributed by atoms with Gasteiger partial charge in [0.05, 0.1) is 17.9 Å². The zero-order valence-electron chi connectivity index (χ0n) is 25.6. The summed E-state index contributed by atoms with van der Waals surface area (Å²) in [5.74, 6) is -5.54. The van der Waals surface area contributed by atoms with Crippen LogP contribution >= 0.6 is 0 Å². The summed E-state index contributed by atoms with van der Waals surface area (Å²) >= 11 is 0. The Morgan fingerprint density at radius 3 is 2.20 bits per heavy atom.